The van der Waals surface area contributed by atoms with Crippen molar-refractivity contribution in [2.45, 2.75) is 39.3 Å². The van der Waals surface area contributed by atoms with Crippen molar-refractivity contribution >= 4 is 11.7 Å². The fraction of sp³-hybridized carbons (Fsp3) is 0.500. The molecule has 0 aliphatic carbocycles. The molecule has 4 rings (SSSR count). The van der Waals surface area contributed by atoms with Crippen molar-refractivity contribution in [2.24, 2.45) is 5.92 Å². The van der Waals surface area contributed by atoms with Crippen LogP contribution < -0.4 is 15.6 Å². The Hall–Kier alpha value is -3.04. The average molecular weight is 455 g/mol. The minimum Gasteiger partial charge on any atom is -0.494 e. The van der Waals surface area contributed by atoms with E-state index in [1.807, 2.05) is 31.2 Å². The number of likely N-dealkylation sites (tertiary alicyclic amines) is 1. The predicted molar refractivity (Wildman–Crippen MR) is 121 cm³/mol. The molecule has 33 heavy (non-hydrogen) atoms. The Labute approximate surface area is 192 Å². The monoisotopic (exact) mass is 454 g/mol. The van der Waals surface area contributed by atoms with Gasteiger partial charge in [0.15, 0.2) is 5.78 Å². The molecule has 1 saturated heterocycles. The Morgan fingerprint density at radius 1 is 1.24 bits per heavy atom. The van der Waals surface area contributed by atoms with Gasteiger partial charge in [-0.2, -0.15) is 0 Å². The molecule has 9 nitrogen and oxygen atoms in total. The molecule has 0 spiro atoms. The maximum atomic E-state index is 12.8. The van der Waals surface area contributed by atoms with E-state index in [2.05, 4.69) is 20.2 Å². The van der Waals surface area contributed by atoms with Gasteiger partial charge in [0.1, 0.15) is 11.6 Å². The van der Waals surface area contributed by atoms with Crippen LogP contribution in [0.1, 0.15) is 47.2 Å². The van der Waals surface area contributed by atoms with Gasteiger partial charge < -0.3 is 19.8 Å². The maximum absolute atomic E-state index is 12.8. The number of carbonyl (C=O) groups is 2. The number of piperidine rings is 1. The van der Waals surface area contributed by atoms with E-state index in [4.69, 9.17) is 9.47 Å². The lowest BCUT2D eigenvalue weighted by atomic mass is 9.89. The average Bonchev–Trinajstić information content (AvgIpc) is 2.84. The topological polar surface area (TPSA) is 114 Å². The molecule has 3 heterocycles. The van der Waals surface area contributed by atoms with E-state index in [9.17, 15) is 14.4 Å². The molecular weight excluding hydrogens is 424 g/mol. The molecule has 0 saturated carbocycles. The molecule has 2 N–H and O–H groups in total. The molecule has 1 aromatic carbocycles. The van der Waals surface area contributed by atoms with Crippen LogP contribution in [0.5, 0.6) is 5.75 Å². The summed E-state index contributed by atoms with van der Waals surface area (Å²) in [5.41, 5.74) is 1.81. The van der Waals surface area contributed by atoms with Crippen LogP contribution >= 0.6 is 0 Å². The van der Waals surface area contributed by atoms with E-state index in [-0.39, 0.29) is 42.9 Å². The van der Waals surface area contributed by atoms with Crippen LogP contribution in [0, 0.1) is 5.92 Å². The fourth-order valence-corrected chi connectivity index (χ4v) is 4.29. The number of aromatic amines is 1. The normalized spacial score (nSPS) is 16.8. The van der Waals surface area contributed by atoms with Crippen LogP contribution in [-0.2, 0) is 29.1 Å². The largest absolute Gasteiger partial charge is 0.494 e. The molecule has 0 atom stereocenters. The Bertz CT molecular complexity index is 1040. The lowest BCUT2D eigenvalue weighted by Gasteiger charge is -2.30. The lowest BCUT2D eigenvalue weighted by Crippen LogP contribution is -2.42. The number of ketones is 1. The number of rotatable bonds is 8. The first-order valence-corrected chi connectivity index (χ1v) is 11.5. The molecule has 1 amide bonds. The SMILES string of the molecule is CCOc1ccc(C(=O)C2CCN(CC(=O)NCc3nc4c(c(=O)[nH]3)COCC4)CC2)cc1. The molecule has 0 unspecified atom stereocenters. The molecule has 176 valence electrons. The smallest absolute Gasteiger partial charge is 0.256 e. The lowest BCUT2D eigenvalue weighted by molar-refractivity contribution is -0.122. The number of H-pyrrole nitrogens is 1. The minimum absolute atomic E-state index is 0.0315. The highest BCUT2D eigenvalue weighted by atomic mass is 16.5. The minimum atomic E-state index is -0.205. The van der Waals surface area contributed by atoms with Gasteiger partial charge in [0.05, 0.1) is 44.2 Å². The number of carbonyl (C=O) groups excluding carboxylic acids is 2. The number of nitrogens with zero attached hydrogens (tertiary/aromatic N) is 2. The highest BCUT2D eigenvalue weighted by Crippen LogP contribution is 2.23. The summed E-state index contributed by atoms with van der Waals surface area (Å²) < 4.78 is 10.7. The van der Waals surface area contributed by atoms with E-state index in [1.54, 1.807) is 0 Å². The van der Waals surface area contributed by atoms with E-state index >= 15 is 0 Å². The summed E-state index contributed by atoms with van der Waals surface area (Å²) in [4.78, 5) is 46.6. The van der Waals surface area contributed by atoms with Crippen molar-refractivity contribution in [1.29, 1.82) is 0 Å². The van der Waals surface area contributed by atoms with Crippen molar-refractivity contribution in [2.75, 3.05) is 32.8 Å². The zero-order chi connectivity index (χ0) is 23.2. The fourth-order valence-electron chi connectivity index (χ4n) is 4.29. The summed E-state index contributed by atoms with van der Waals surface area (Å²) in [5, 5.41) is 2.83. The van der Waals surface area contributed by atoms with Gasteiger partial charge in [0, 0.05) is 17.9 Å². The molecule has 9 heteroatoms. The third-order valence-electron chi connectivity index (χ3n) is 6.11. The summed E-state index contributed by atoms with van der Waals surface area (Å²) in [6.45, 7) is 5.16. The van der Waals surface area contributed by atoms with Gasteiger partial charge in [-0.3, -0.25) is 19.3 Å². The number of fused-ring (bicyclic) bond motifs is 1. The number of ether oxygens (including phenoxy) is 2. The highest BCUT2D eigenvalue weighted by Gasteiger charge is 2.26. The number of nitrogens with one attached hydrogen (secondary N) is 2. The van der Waals surface area contributed by atoms with E-state index in [0.29, 0.717) is 49.7 Å². The van der Waals surface area contributed by atoms with Crippen LogP contribution in [-0.4, -0.2) is 59.4 Å². The van der Waals surface area contributed by atoms with Crippen molar-refractivity contribution in [3.63, 3.8) is 0 Å². The quantitative estimate of drug-likeness (QED) is 0.581. The Balaban J connectivity index is 1.23. The second-order valence-electron chi connectivity index (χ2n) is 8.39. The predicted octanol–water partition coefficient (Wildman–Crippen LogP) is 1.45. The zero-order valence-corrected chi connectivity index (χ0v) is 18.9. The van der Waals surface area contributed by atoms with Crippen LogP contribution in [0.25, 0.3) is 0 Å². The molecule has 0 radical (unpaired) electrons. The number of benzene rings is 1. The zero-order valence-electron chi connectivity index (χ0n) is 18.9. The van der Waals surface area contributed by atoms with Gasteiger partial charge in [0.25, 0.3) is 5.56 Å². The summed E-state index contributed by atoms with van der Waals surface area (Å²) in [5.74, 6) is 1.20. The van der Waals surface area contributed by atoms with Gasteiger partial charge in [-0.05, 0) is 57.1 Å². The van der Waals surface area contributed by atoms with Gasteiger partial charge in [-0.15, -0.1) is 0 Å². The third-order valence-corrected chi connectivity index (χ3v) is 6.11. The molecule has 0 bridgehead atoms. The van der Waals surface area contributed by atoms with E-state index in [0.717, 1.165) is 24.3 Å². The molecule has 1 fully saturated rings. The van der Waals surface area contributed by atoms with Crippen molar-refractivity contribution < 1.29 is 19.1 Å². The number of Topliss-reactive ketones (excluding diaryl/α,β-unsaturated/α-hetero) is 1. The second kappa shape index (κ2) is 10.7. The number of hydrogen-bond acceptors (Lipinski definition) is 7. The van der Waals surface area contributed by atoms with Gasteiger partial charge in [0.2, 0.25) is 5.91 Å². The second-order valence-corrected chi connectivity index (χ2v) is 8.39. The van der Waals surface area contributed by atoms with Gasteiger partial charge in [-0.1, -0.05) is 0 Å². The summed E-state index contributed by atoms with van der Waals surface area (Å²) in [6.07, 6.45) is 2.05. The summed E-state index contributed by atoms with van der Waals surface area (Å²) in [6, 6.07) is 7.29. The van der Waals surface area contributed by atoms with Crippen LogP contribution in [0.3, 0.4) is 0 Å². The highest BCUT2D eigenvalue weighted by molar-refractivity contribution is 5.98. The number of aromatic nitrogens is 2. The summed E-state index contributed by atoms with van der Waals surface area (Å²) >= 11 is 0. The first-order chi connectivity index (χ1) is 16.0. The Kier molecular flexibility index (Phi) is 7.51. The molecule has 2 aromatic rings. The van der Waals surface area contributed by atoms with Crippen LogP contribution in [0.2, 0.25) is 0 Å². The van der Waals surface area contributed by atoms with E-state index in [1.165, 1.54) is 0 Å². The van der Waals surface area contributed by atoms with Crippen LogP contribution in [0.15, 0.2) is 29.1 Å². The van der Waals surface area contributed by atoms with Gasteiger partial charge >= 0.3 is 0 Å². The third kappa shape index (κ3) is 5.85. The first-order valence-electron chi connectivity index (χ1n) is 11.5. The summed E-state index contributed by atoms with van der Waals surface area (Å²) in [7, 11) is 0. The van der Waals surface area contributed by atoms with Crippen molar-refractivity contribution in [3.8, 4) is 5.75 Å². The Morgan fingerprint density at radius 2 is 2.00 bits per heavy atom. The van der Waals surface area contributed by atoms with Crippen molar-refractivity contribution in [1.82, 2.24) is 20.2 Å². The van der Waals surface area contributed by atoms with E-state index < -0.39 is 0 Å². The number of hydrogen-bond donors (Lipinski definition) is 2. The molecule has 2 aliphatic rings. The van der Waals surface area contributed by atoms with Crippen molar-refractivity contribution in [3.05, 3.63) is 57.3 Å². The number of amides is 1. The standard InChI is InChI=1S/C24H30N4O5/c1-2-33-18-5-3-16(4-6-18)23(30)17-7-10-28(11-8-17)14-22(29)25-13-21-26-20-9-12-32-15-19(20)24(31)27-21/h3-6,17H,2,7-15H2,1H3,(H,25,29)(H,26,27,31). The molecule has 1 aromatic heterocycles. The maximum Gasteiger partial charge on any atom is 0.256 e. The van der Waals surface area contributed by atoms with Crippen LogP contribution in [0.4, 0.5) is 0 Å². The molecule has 2 aliphatic heterocycles. The Morgan fingerprint density at radius 3 is 2.73 bits per heavy atom. The molecular formula is C24H30N4O5. The first kappa shape index (κ1) is 23.1. The van der Waals surface area contributed by atoms with Gasteiger partial charge in [-0.25, -0.2) is 4.98 Å².